The van der Waals surface area contributed by atoms with Crippen LogP contribution in [0.15, 0.2) is 0 Å². The zero-order chi connectivity index (χ0) is 10.7. The van der Waals surface area contributed by atoms with Gasteiger partial charge >= 0.3 is 5.97 Å². The van der Waals surface area contributed by atoms with Crippen LogP contribution in [-0.2, 0) is 9.59 Å². The molecule has 1 unspecified atom stereocenters. The number of rotatable bonds is 3. The first-order valence-electron chi connectivity index (χ1n) is 4.66. The first-order valence-corrected chi connectivity index (χ1v) is 4.66. The Morgan fingerprint density at radius 2 is 2.14 bits per heavy atom. The number of hydrogen-bond acceptors (Lipinski definition) is 3. The number of hydrogen-bond donors (Lipinski definition) is 1. The normalized spacial score (nSPS) is 21.6. The second-order valence-corrected chi connectivity index (χ2v) is 3.82. The van der Waals surface area contributed by atoms with Gasteiger partial charge in [-0.2, -0.15) is 0 Å². The summed E-state index contributed by atoms with van der Waals surface area (Å²) in [7, 11) is 3.94. The number of carbonyl (C=O) groups excluding carboxylic acids is 1. The van der Waals surface area contributed by atoms with Crippen molar-refractivity contribution in [2.75, 3.05) is 27.2 Å². The average molecular weight is 200 g/mol. The Balaban J connectivity index is 2.41. The molecule has 1 N–H and O–H groups in total. The molecule has 1 rings (SSSR count). The lowest BCUT2D eigenvalue weighted by molar-refractivity contribution is -0.143. The Bertz CT molecular complexity index is 240. The highest BCUT2D eigenvalue weighted by molar-refractivity contribution is 5.93. The van der Waals surface area contributed by atoms with Gasteiger partial charge in [-0.05, 0) is 20.5 Å². The minimum Gasteiger partial charge on any atom is -0.481 e. The molecule has 0 bridgehead atoms. The summed E-state index contributed by atoms with van der Waals surface area (Å²) in [5.41, 5.74) is 0. The predicted octanol–water partition coefficient (Wildman–Crippen LogP) is -0.376. The van der Waals surface area contributed by atoms with E-state index in [2.05, 4.69) is 4.90 Å². The van der Waals surface area contributed by atoms with Crippen LogP contribution in [0.25, 0.3) is 0 Å². The average Bonchev–Trinajstić information content (AvgIpc) is 2.50. The Morgan fingerprint density at radius 3 is 2.57 bits per heavy atom. The van der Waals surface area contributed by atoms with Crippen molar-refractivity contribution >= 4 is 11.9 Å². The topological polar surface area (TPSA) is 60.9 Å². The van der Waals surface area contributed by atoms with Crippen molar-refractivity contribution in [3.63, 3.8) is 0 Å². The van der Waals surface area contributed by atoms with Crippen LogP contribution in [0.5, 0.6) is 0 Å². The summed E-state index contributed by atoms with van der Waals surface area (Å²) in [6.07, 6.45) is 0.540. The maximum Gasteiger partial charge on any atom is 0.312 e. The Labute approximate surface area is 83.3 Å². The lowest BCUT2D eigenvalue weighted by atomic mass is 10.2. The van der Waals surface area contributed by atoms with Crippen molar-refractivity contribution in [3.8, 4) is 0 Å². The van der Waals surface area contributed by atoms with Gasteiger partial charge in [-0.3, -0.25) is 9.59 Å². The number of carbonyl (C=O) groups is 2. The van der Waals surface area contributed by atoms with Crippen molar-refractivity contribution in [1.82, 2.24) is 9.80 Å². The molecule has 0 aromatic rings. The van der Waals surface area contributed by atoms with Crippen molar-refractivity contribution in [1.29, 1.82) is 0 Å². The molecule has 1 aliphatic rings. The van der Waals surface area contributed by atoms with E-state index < -0.39 is 5.97 Å². The fourth-order valence-electron chi connectivity index (χ4n) is 1.63. The van der Waals surface area contributed by atoms with E-state index >= 15 is 0 Å². The number of carboxylic acid groups (broad SMARTS) is 1. The molecule has 1 aliphatic heterocycles. The van der Waals surface area contributed by atoms with Gasteiger partial charge in [0, 0.05) is 19.1 Å². The summed E-state index contributed by atoms with van der Waals surface area (Å²) in [4.78, 5) is 25.4. The van der Waals surface area contributed by atoms with E-state index in [9.17, 15) is 9.59 Å². The number of nitrogens with zero attached hydrogens (tertiary/aromatic N) is 2. The van der Waals surface area contributed by atoms with Gasteiger partial charge in [0.15, 0.2) is 0 Å². The third-order valence-electron chi connectivity index (χ3n) is 2.55. The molecule has 0 aliphatic carbocycles. The Morgan fingerprint density at radius 1 is 1.50 bits per heavy atom. The molecule has 1 atom stereocenters. The van der Waals surface area contributed by atoms with Crippen LogP contribution in [0.2, 0.25) is 0 Å². The van der Waals surface area contributed by atoms with Crippen molar-refractivity contribution < 1.29 is 14.7 Å². The van der Waals surface area contributed by atoms with Crippen LogP contribution in [0.1, 0.15) is 12.8 Å². The number of likely N-dealkylation sites (tertiary alicyclic amines) is 1. The molecule has 1 fully saturated rings. The molecule has 80 valence electrons. The van der Waals surface area contributed by atoms with E-state index in [1.807, 2.05) is 14.1 Å². The lowest BCUT2D eigenvalue weighted by Gasteiger charge is -2.19. The van der Waals surface area contributed by atoms with E-state index in [-0.39, 0.29) is 12.3 Å². The molecule has 1 amide bonds. The van der Waals surface area contributed by atoms with E-state index in [4.69, 9.17) is 5.11 Å². The van der Waals surface area contributed by atoms with Crippen LogP contribution in [0.4, 0.5) is 0 Å². The standard InChI is InChI=1S/C9H16N2O3/c1-10(2)7-3-4-11(6-7)8(12)5-9(13)14/h7H,3-6H2,1-2H3,(H,13,14). The van der Waals surface area contributed by atoms with Gasteiger partial charge in [-0.1, -0.05) is 0 Å². The fourth-order valence-corrected chi connectivity index (χ4v) is 1.63. The summed E-state index contributed by atoms with van der Waals surface area (Å²) in [5, 5.41) is 8.46. The number of carboxylic acids is 1. The summed E-state index contributed by atoms with van der Waals surface area (Å²) in [6.45, 7) is 1.33. The predicted molar refractivity (Wildman–Crippen MR) is 50.9 cm³/mol. The summed E-state index contributed by atoms with van der Waals surface area (Å²) < 4.78 is 0. The van der Waals surface area contributed by atoms with E-state index in [1.54, 1.807) is 4.90 Å². The SMILES string of the molecule is CN(C)C1CCN(C(=O)CC(=O)O)C1. The minimum absolute atomic E-state index is 0.276. The molecular formula is C9H16N2O3. The van der Waals surface area contributed by atoms with Crippen molar-refractivity contribution in [3.05, 3.63) is 0 Å². The summed E-state index contributed by atoms with van der Waals surface area (Å²) in [6, 6.07) is 0.368. The molecule has 14 heavy (non-hydrogen) atoms. The van der Waals surface area contributed by atoms with Crippen LogP contribution < -0.4 is 0 Å². The molecule has 5 heteroatoms. The minimum atomic E-state index is -1.05. The second-order valence-electron chi connectivity index (χ2n) is 3.82. The van der Waals surface area contributed by atoms with Gasteiger partial charge in [0.05, 0.1) is 0 Å². The number of amides is 1. The molecule has 0 spiro atoms. The van der Waals surface area contributed by atoms with Gasteiger partial charge in [-0.15, -0.1) is 0 Å². The van der Waals surface area contributed by atoms with Crippen LogP contribution >= 0.6 is 0 Å². The smallest absolute Gasteiger partial charge is 0.312 e. The first kappa shape index (κ1) is 11.0. The third-order valence-corrected chi connectivity index (χ3v) is 2.55. The lowest BCUT2D eigenvalue weighted by Crippen LogP contribution is -2.35. The quantitative estimate of drug-likeness (QED) is 0.631. The highest BCUT2D eigenvalue weighted by Crippen LogP contribution is 2.13. The zero-order valence-electron chi connectivity index (χ0n) is 8.56. The van der Waals surface area contributed by atoms with E-state index in [0.717, 1.165) is 6.42 Å². The molecule has 5 nitrogen and oxygen atoms in total. The number of aliphatic carboxylic acids is 1. The van der Waals surface area contributed by atoms with Crippen LogP contribution in [0.3, 0.4) is 0 Å². The molecule has 0 aromatic carbocycles. The van der Waals surface area contributed by atoms with Gasteiger partial charge in [0.25, 0.3) is 0 Å². The van der Waals surface area contributed by atoms with Gasteiger partial charge in [-0.25, -0.2) is 0 Å². The fraction of sp³-hybridized carbons (Fsp3) is 0.778. The molecule has 1 heterocycles. The molecular weight excluding hydrogens is 184 g/mol. The monoisotopic (exact) mass is 200 g/mol. The van der Waals surface area contributed by atoms with Gasteiger partial charge in [0.1, 0.15) is 6.42 Å². The van der Waals surface area contributed by atoms with Gasteiger partial charge < -0.3 is 14.9 Å². The summed E-state index contributed by atoms with van der Waals surface area (Å²) in [5.74, 6) is -1.33. The maximum atomic E-state index is 11.4. The molecule has 0 saturated carbocycles. The van der Waals surface area contributed by atoms with Crippen molar-refractivity contribution in [2.24, 2.45) is 0 Å². The maximum absolute atomic E-state index is 11.4. The summed E-state index contributed by atoms with van der Waals surface area (Å²) >= 11 is 0. The van der Waals surface area contributed by atoms with E-state index in [1.165, 1.54) is 0 Å². The third kappa shape index (κ3) is 2.70. The van der Waals surface area contributed by atoms with Crippen LogP contribution in [-0.4, -0.2) is 60.0 Å². The Kier molecular flexibility index (Phi) is 3.46. The molecule has 1 saturated heterocycles. The highest BCUT2D eigenvalue weighted by atomic mass is 16.4. The van der Waals surface area contributed by atoms with Gasteiger partial charge in [0.2, 0.25) is 5.91 Å². The first-order chi connectivity index (χ1) is 6.50. The largest absolute Gasteiger partial charge is 0.481 e. The highest BCUT2D eigenvalue weighted by Gasteiger charge is 2.27. The second kappa shape index (κ2) is 4.41. The zero-order valence-corrected chi connectivity index (χ0v) is 8.56. The van der Waals surface area contributed by atoms with E-state index in [0.29, 0.717) is 19.1 Å². The number of likely N-dealkylation sites (N-methyl/N-ethyl adjacent to an activating group) is 1. The van der Waals surface area contributed by atoms with Crippen molar-refractivity contribution in [2.45, 2.75) is 18.9 Å². The Hall–Kier alpha value is -1.10. The molecule has 0 radical (unpaired) electrons. The van der Waals surface area contributed by atoms with Crippen LogP contribution in [0, 0.1) is 0 Å². The molecule has 0 aromatic heterocycles.